The van der Waals surface area contributed by atoms with Crippen molar-refractivity contribution >= 4 is 23.5 Å². The van der Waals surface area contributed by atoms with Gasteiger partial charge in [0.05, 0.1) is 24.7 Å². The number of ketones is 2. The molecular weight excluding hydrogens is 594 g/mol. The van der Waals surface area contributed by atoms with E-state index in [2.05, 4.69) is 88.6 Å². The lowest BCUT2D eigenvalue weighted by Gasteiger charge is -2.42. The number of nitrogens with zero attached hydrogens (tertiary/aromatic N) is 1. The molecule has 0 aromatic rings. The fraction of sp³-hybridized carbons (Fsp3) is 0.838. The summed E-state index contributed by atoms with van der Waals surface area (Å²) in [6.07, 6.45) is 8.87. The second-order valence-corrected chi connectivity index (χ2v) is 15.5. The minimum atomic E-state index is -0.782. The predicted octanol–water partition coefficient (Wildman–Crippen LogP) is 5.59. The number of unbranched alkanes of at least 4 members (excludes halogenated alkanes) is 2. The average Bonchev–Trinajstić information content (AvgIpc) is 3.93. The SMILES string of the molecule is C=C(C(NC(=O)NC(COC)C(C)(C)C)C(C)(C)CCCCC)N1C[C@@H]2C[C@@H]2C1C(=O)NC(CC1CC1)C(=O)C(C)=O.CCC.CN. The summed E-state index contributed by atoms with van der Waals surface area (Å²) in [4.78, 5) is 54.0. The first-order valence-electron chi connectivity index (χ1n) is 18.0. The first-order chi connectivity index (χ1) is 22.0. The Labute approximate surface area is 286 Å². The number of urea groups is 1. The summed E-state index contributed by atoms with van der Waals surface area (Å²) in [5.41, 5.74) is 4.69. The van der Waals surface area contributed by atoms with Gasteiger partial charge in [-0.05, 0) is 54.9 Å². The Hall–Kier alpha value is -2.46. The Morgan fingerprint density at radius 1 is 0.979 bits per heavy atom. The van der Waals surface area contributed by atoms with Crippen LogP contribution in [0.25, 0.3) is 0 Å². The van der Waals surface area contributed by atoms with Gasteiger partial charge in [-0.15, -0.1) is 0 Å². The topological polar surface area (TPSA) is 143 Å². The minimum absolute atomic E-state index is 0.181. The molecule has 2 aliphatic carbocycles. The molecule has 2 saturated carbocycles. The van der Waals surface area contributed by atoms with Gasteiger partial charge >= 0.3 is 6.03 Å². The van der Waals surface area contributed by atoms with Gasteiger partial charge in [-0.2, -0.15) is 0 Å². The Morgan fingerprint density at radius 3 is 2.06 bits per heavy atom. The van der Waals surface area contributed by atoms with E-state index in [4.69, 9.17) is 4.74 Å². The molecule has 0 spiro atoms. The molecule has 5 N–H and O–H groups in total. The highest BCUT2D eigenvalue weighted by atomic mass is 16.5. The number of carbonyl (C=O) groups excluding carboxylic acids is 4. The highest BCUT2D eigenvalue weighted by molar-refractivity contribution is 6.38. The number of ether oxygens (including phenoxy) is 1. The van der Waals surface area contributed by atoms with Gasteiger partial charge in [0, 0.05) is 26.3 Å². The molecule has 1 heterocycles. The van der Waals surface area contributed by atoms with Gasteiger partial charge < -0.3 is 31.3 Å². The van der Waals surface area contributed by atoms with Crippen LogP contribution in [0.4, 0.5) is 4.79 Å². The van der Waals surface area contributed by atoms with Gasteiger partial charge in [0.2, 0.25) is 11.7 Å². The number of hydrogen-bond acceptors (Lipinski definition) is 7. The summed E-state index contributed by atoms with van der Waals surface area (Å²) in [7, 11) is 3.13. The summed E-state index contributed by atoms with van der Waals surface area (Å²) >= 11 is 0. The van der Waals surface area contributed by atoms with E-state index >= 15 is 0 Å². The summed E-state index contributed by atoms with van der Waals surface area (Å²) in [6.45, 7) is 23.8. The second kappa shape index (κ2) is 19.5. The van der Waals surface area contributed by atoms with Crippen molar-refractivity contribution in [2.75, 3.05) is 27.3 Å². The van der Waals surface area contributed by atoms with Gasteiger partial charge in [-0.25, -0.2) is 4.79 Å². The van der Waals surface area contributed by atoms with E-state index in [1.807, 2.05) is 0 Å². The van der Waals surface area contributed by atoms with Crippen molar-refractivity contribution in [2.24, 2.45) is 34.3 Å². The average molecular weight is 664 g/mol. The van der Waals surface area contributed by atoms with Gasteiger partial charge in [-0.1, -0.05) is 100 Å². The molecule has 3 fully saturated rings. The second-order valence-electron chi connectivity index (χ2n) is 15.5. The number of amides is 3. The molecule has 10 heteroatoms. The highest BCUT2D eigenvalue weighted by Gasteiger charge is 2.57. The standard InChI is InChI=1S/C33H56N4O5.C3H8.CH5N/c1-10-11-12-15-33(7,8)29(36-31(41)35-26(19-42-9)32(4,5)6)20(2)37-18-23-17-24(23)27(37)30(40)34-25(16-22-13-14-22)28(39)21(3)38;1-3-2;1-2/h22-27,29H,2,10-19H2,1,3-9H3,(H,34,40)(H2,35,36,41);3H2,1-2H3;2H2,1H3/t23-,24-,25?,26?,27?,29?;;/m0../s1. The zero-order valence-corrected chi connectivity index (χ0v) is 31.6. The van der Waals surface area contributed by atoms with Crippen LogP contribution >= 0.6 is 0 Å². The number of nitrogens with two attached hydrogens (primary N) is 1. The fourth-order valence-corrected chi connectivity index (χ4v) is 6.39. The Morgan fingerprint density at radius 2 is 1.57 bits per heavy atom. The highest BCUT2D eigenvalue weighted by Crippen LogP contribution is 2.52. The molecule has 0 bridgehead atoms. The lowest BCUT2D eigenvalue weighted by Crippen LogP contribution is -2.58. The maximum atomic E-state index is 13.8. The van der Waals surface area contributed by atoms with Crippen molar-refractivity contribution in [1.29, 1.82) is 0 Å². The lowest BCUT2D eigenvalue weighted by molar-refractivity contribution is -0.138. The summed E-state index contributed by atoms with van der Waals surface area (Å²) in [6, 6.07) is -2.15. The molecule has 10 nitrogen and oxygen atoms in total. The van der Waals surface area contributed by atoms with Crippen LogP contribution in [0.1, 0.15) is 120 Å². The molecule has 1 aliphatic heterocycles. The van der Waals surface area contributed by atoms with Crippen LogP contribution in [0.3, 0.4) is 0 Å². The molecule has 6 atom stereocenters. The summed E-state index contributed by atoms with van der Waals surface area (Å²) < 4.78 is 5.39. The largest absolute Gasteiger partial charge is 0.383 e. The van der Waals surface area contributed by atoms with Crippen molar-refractivity contribution in [1.82, 2.24) is 20.9 Å². The van der Waals surface area contributed by atoms with E-state index in [0.29, 0.717) is 31.4 Å². The smallest absolute Gasteiger partial charge is 0.315 e. The maximum absolute atomic E-state index is 13.8. The molecule has 4 unspecified atom stereocenters. The Balaban J connectivity index is 0.00000208. The van der Waals surface area contributed by atoms with Crippen molar-refractivity contribution in [3.8, 4) is 0 Å². The Bertz CT molecular complexity index is 1030. The quantitative estimate of drug-likeness (QED) is 0.117. The third-order valence-electron chi connectivity index (χ3n) is 9.53. The number of methoxy groups -OCH3 is 1. The Kier molecular flexibility index (Phi) is 17.7. The van der Waals surface area contributed by atoms with E-state index in [-0.39, 0.29) is 34.7 Å². The number of carbonyl (C=O) groups is 4. The molecule has 272 valence electrons. The third-order valence-corrected chi connectivity index (χ3v) is 9.53. The molecular formula is C37H69N5O5. The van der Waals surface area contributed by atoms with Crippen molar-refractivity contribution in [3.63, 3.8) is 0 Å². The van der Waals surface area contributed by atoms with E-state index in [1.54, 1.807) is 7.11 Å². The molecule has 3 rings (SSSR count). The molecule has 1 saturated heterocycles. The van der Waals surface area contributed by atoms with Crippen LogP contribution in [0.5, 0.6) is 0 Å². The number of hydrogen-bond donors (Lipinski definition) is 4. The zero-order chi connectivity index (χ0) is 36.1. The van der Waals surface area contributed by atoms with E-state index in [0.717, 1.165) is 50.6 Å². The molecule has 47 heavy (non-hydrogen) atoms. The molecule has 0 radical (unpaired) electrons. The van der Waals surface area contributed by atoms with Crippen LogP contribution in [-0.2, 0) is 19.1 Å². The van der Waals surface area contributed by atoms with Gasteiger partial charge in [0.25, 0.3) is 0 Å². The molecule has 0 aromatic heterocycles. The molecule has 0 aromatic carbocycles. The van der Waals surface area contributed by atoms with Gasteiger partial charge in [-0.3, -0.25) is 14.4 Å². The monoisotopic (exact) mass is 664 g/mol. The number of rotatable bonds is 17. The van der Waals surface area contributed by atoms with Crippen LogP contribution in [0.15, 0.2) is 12.3 Å². The van der Waals surface area contributed by atoms with E-state index < -0.39 is 29.7 Å². The van der Waals surface area contributed by atoms with Crippen LogP contribution in [0, 0.1) is 28.6 Å². The van der Waals surface area contributed by atoms with Crippen molar-refractivity contribution in [3.05, 3.63) is 12.3 Å². The van der Waals surface area contributed by atoms with Crippen LogP contribution < -0.4 is 21.7 Å². The third kappa shape index (κ3) is 13.2. The molecule has 3 amide bonds. The van der Waals surface area contributed by atoms with Gasteiger partial charge in [0.1, 0.15) is 6.04 Å². The number of Topliss-reactive ketones (excluding diaryl/α,β-unsaturated/α-hetero) is 2. The predicted molar refractivity (Wildman–Crippen MR) is 191 cm³/mol. The number of nitrogens with one attached hydrogen (secondary N) is 3. The number of piperidine rings is 1. The lowest BCUT2D eigenvalue weighted by atomic mass is 9.77. The van der Waals surface area contributed by atoms with Crippen LogP contribution in [0.2, 0.25) is 0 Å². The van der Waals surface area contributed by atoms with E-state index in [9.17, 15) is 19.2 Å². The first-order valence-corrected chi connectivity index (χ1v) is 18.0. The number of likely N-dealkylation sites (tertiary alicyclic amines) is 1. The van der Waals surface area contributed by atoms with Crippen molar-refractivity contribution < 1.29 is 23.9 Å². The van der Waals surface area contributed by atoms with Crippen molar-refractivity contribution in [2.45, 2.75) is 144 Å². The fourth-order valence-electron chi connectivity index (χ4n) is 6.39. The van der Waals surface area contributed by atoms with Gasteiger partial charge in [0.15, 0.2) is 5.78 Å². The normalized spacial score (nSPS) is 21.8. The maximum Gasteiger partial charge on any atom is 0.315 e. The summed E-state index contributed by atoms with van der Waals surface area (Å²) in [5.74, 6) is -0.324. The minimum Gasteiger partial charge on any atom is -0.383 e. The van der Waals surface area contributed by atoms with Crippen LogP contribution in [-0.4, -0.2) is 79.9 Å². The molecule has 3 aliphatic rings. The number of fused-ring (bicyclic) bond motifs is 1. The van der Waals surface area contributed by atoms with E-state index in [1.165, 1.54) is 20.4 Å². The zero-order valence-electron chi connectivity index (χ0n) is 31.6. The first kappa shape index (κ1) is 42.6. The summed E-state index contributed by atoms with van der Waals surface area (Å²) in [5, 5.41) is 9.32.